The molecule has 0 radical (unpaired) electrons. The molecule has 0 unspecified atom stereocenters. The van der Waals surface area contributed by atoms with E-state index in [1.165, 1.54) is 37.0 Å². The van der Waals surface area contributed by atoms with Gasteiger partial charge >= 0.3 is 0 Å². The molecule has 1 aliphatic carbocycles. The lowest BCUT2D eigenvalue weighted by atomic mass is 10.0. The fourth-order valence-electron chi connectivity index (χ4n) is 2.68. The van der Waals surface area contributed by atoms with Gasteiger partial charge in [0.15, 0.2) is 5.17 Å². The Kier molecular flexibility index (Phi) is 2.87. The summed E-state index contributed by atoms with van der Waals surface area (Å²) in [4.78, 5) is 4.91. The molecule has 0 bridgehead atoms. The number of nitrogens with one attached hydrogen (secondary N) is 1. The third-order valence-electron chi connectivity index (χ3n) is 3.62. The normalized spacial score (nSPS) is 21.8. The summed E-state index contributed by atoms with van der Waals surface area (Å²) in [5.74, 6) is 1.17. The molecule has 2 aliphatic rings. The highest BCUT2D eigenvalue weighted by molar-refractivity contribution is 8.14. The Morgan fingerprint density at radius 1 is 1.29 bits per heavy atom. The Balaban J connectivity index is 1.74. The zero-order valence-electron chi connectivity index (χ0n) is 10.2. The van der Waals surface area contributed by atoms with E-state index >= 15 is 0 Å². The van der Waals surface area contributed by atoms with Crippen molar-refractivity contribution in [3.05, 3.63) is 29.8 Å². The molecular formula is C14H18N2S. The lowest BCUT2D eigenvalue weighted by Crippen LogP contribution is -2.21. The molecule has 0 aromatic heterocycles. The highest BCUT2D eigenvalue weighted by Crippen LogP contribution is 2.41. The molecule has 0 saturated heterocycles. The van der Waals surface area contributed by atoms with E-state index in [0.29, 0.717) is 0 Å². The first kappa shape index (κ1) is 11.1. The average molecular weight is 246 g/mol. The topological polar surface area (TPSA) is 24.4 Å². The molecule has 0 amide bonds. The van der Waals surface area contributed by atoms with Crippen LogP contribution in [0.4, 0.5) is 5.69 Å². The van der Waals surface area contributed by atoms with Crippen molar-refractivity contribution in [3.63, 3.8) is 0 Å². The second-order valence-corrected chi connectivity index (χ2v) is 6.10. The van der Waals surface area contributed by atoms with Crippen LogP contribution in [0, 0.1) is 6.92 Å². The Hall–Kier alpha value is -0.960. The van der Waals surface area contributed by atoms with Gasteiger partial charge < -0.3 is 5.32 Å². The number of amidine groups is 1. The maximum atomic E-state index is 4.91. The number of hydrogen-bond acceptors (Lipinski definition) is 3. The highest BCUT2D eigenvalue weighted by atomic mass is 32.2. The summed E-state index contributed by atoms with van der Waals surface area (Å²) in [6.07, 6.45) is 5.25. The standard InChI is InChI=1S/C14H18N2S/c1-11-5-4-6-12(9-11)15-13-16-14(10-17-13)7-2-3-8-14/h4-6,9H,2-3,7-8,10H2,1H3,(H,15,16). The van der Waals surface area contributed by atoms with Crippen LogP contribution < -0.4 is 5.32 Å². The van der Waals surface area contributed by atoms with E-state index in [0.717, 1.165) is 10.9 Å². The molecular weight excluding hydrogens is 228 g/mol. The van der Waals surface area contributed by atoms with Gasteiger partial charge in [-0.25, -0.2) is 0 Å². The van der Waals surface area contributed by atoms with E-state index in [2.05, 4.69) is 36.5 Å². The van der Waals surface area contributed by atoms with Crippen LogP contribution in [0.3, 0.4) is 0 Å². The highest BCUT2D eigenvalue weighted by Gasteiger charge is 2.38. The van der Waals surface area contributed by atoms with E-state index in [-0.39, 0.29) is 5.54 Å². The lowest BCUT2D eigenvalue weighted by Gasteiger charge is -2.16. The van der Waals surface area contributed by atoms with E-state index in [1.54, 1.807) is 0 Å². The molecule has 17 heavy (non-hydrogen) atoms. The molecule has 1 aromatic rings. The van der Waals surface area contributed by atoms with Gasteiger partial charge in [-0.15, -0.1) is 0 Å². The monoisotopic (exact) mass is 246 g/mol. The minimum atomic E-state index is 0.275. The van der Waals surface area contributed by atoms with Crippen molar-refractivity contribution in [1.29, 1.82) is 0 Å². The molecule has 3 heteroatoms. The predicted molar refractivity (Wildman–Crippen MR) is 75.9 cm³/mol. The SMILES string of the molecule is Cc1cccc(NC2=NC3(CCCC3)CS2)c1. The Labute approximate surface area is 107 Å². The van der Waals surface area contributed by atoms with Gasteiger partial charge in [0.1, 0.15) is 0 Å². The van der Waals surface area contributed by atoms with Gasteiger partial charge in [-0.2, -0.15) is 0 Å². The summed E-state index contributed by atoms with van der Waals surface area (Å²) >= 11 is 1.88. The van der Waals surface area contributed by atoms with Crippen LogP contribution in [0.25, 0.3) is 0 Å². The first-order chi connectivity index (χ1) is 8.26. The summed E-state index contributed by atoms with van der Waals surface area (Å²) in [5, 5.41) is 4.55. The summed E-state index contributed by atoms with van der Waals surface area (Å²) in [5.41, 5.74) is 2.72. The van der Waals surface area contributed by atoms with Crippen LogP contribution in [0.15, 0.2) is 29.3 Å². The van der Waals surface area contributed by atoms with Crippen LogP contribution in [0.2, 0.25) is 0 Å². The number of nitrogens with zero attached hydrogens (tertiary/aromatic N) is 1. The zero-order chi connectivity index (χ0) is 11.7. The molecule has 1 N–H and O–H groups in total. The molecule has 1 fully saturated rings. The summed E-state index contributed by atoms with van der Waals surface area (Å²) in [7, 11) is 0. The Morgan fingerprint density at radius 3 is 2.88 bits per heavy atom. The summed E-state index contributed by atoms with van der Waals surface area (Å²) < 4.78 is 0. The average Bonchev–Trinajstić information content (AvgIpc) is 2.90. The van der Waals surface area contributed by atoms with Crippen LogP contribution in [0.5, 0.6) is 0 Å². The van der Waals surface area contributed by atoms with Crippen LogP contribution >= 0.6 is 11.8 Å². The predicted octanol–water partition coefficient (Wildman–Crippen LogP) is 3.82. The van der Waals surface area contributed by atoms with Gasteiger partial charge in [-0.3, -0.25) is 4.99 Å². The van der Waals surface area contributed by atoms with Gasteiger partial charge in [0.05, 0.1) is 5.54 Å². The van der Waals surface area contributed by atoms with Gasteiger partial charge in [0, 0.05) is 11.4 Å². The van der Waals surface area contributed by atoms with Crippen molar-refractivity contribution >= 4 is 22.6 Å². The zero-order valence-corrected chi connectivity index (χ0v) is 11.0. The lowest BCUT2D eigenvalue weighted by molar-refractivity contribution is 0.508. The summed E-state index contributed by atoms with van der Waals surface area (Å²) in [6.45, 7) is 2.12. The minimum absolute atomic E-state index is 0.275. The Morgan fingerprint density at radius 2 is 2.12 bits per heavy atom. The third kappa shape index (κ3) is 2.34. The van der Waals surface area contributed by atoms with Crippen molar-refractivity contribution in [1.82, 2.24) is 0 Å². The maximum Gasteiger partial charge on any atom is 0.161 e. The van der Waals surface area contributed by atoms with Gasteiger partial charge in [0.25, 0.3) is 0 Å². The first-order valence-electron chi connectivity index (χ1n) is 6.32. The molecule has 3 rings (SSSR count). The van der Waals surface area contributed by atoms with E-state index in [1.807, 2.05) is 11.8 Å². The number of hydrogen-bond donors (Lipinski definition) is 1. The maximum absolute atomic E-state index is 4.91. The molecule has 2 nitrogen and oxygen atoms in total. The number of rotatable bonds is 1. The second-order valence-electron chi connectivity index (χ2n) is 5.13. The van der Waals surface area contributed by atoms with Crippen LogP contribution in [-0.2, 0) is 0 Å². The van der Waals surface area contributed by atoms with E-state index < -0.39 is 0 Å². The number of aryl methyl sites for hydroxylation is 1. The van der Waals surface area contributed by atoms with Crippen molar-refractivity contribution < 1.29 is 0 Å². The van der Waals surface area contributed by atoms with Gasteiger partial charge in [-0.05, 0) is 37.5 Å². The van der Waals surface area contributed by atoms with Crippen molar-refractivity contribution in [3.8, 4) is 0 Å². The molecule has 1 saturated carbocycles. The third-order valence-corrected chi connectivity index (χ3v) is 4.77. The first-order valence-corrected chi connectivity index (χ1v) is 7.31. The molecule has 1 aliphatic heterocycles. The van der Waals surface area contributed by atoms with Gasteiger partial charge in [-0.1, -0.05) is 36.7 Å². The van der Waals surface area contributed by atoms with Crippen molar-refractivity contribution in [2.75, 3.05) is 11.1 Å². The van der Waals surface area contributed by atoms with Crippen LogP contribution in [-0.4, -0.2) is 16.5 Å². The Bertz CT molecular complexity index is 447. The quantitative estimate of drug-likeness (QED) is 0.814. The van der Waals surface area contributed by atoms with Gasteiger partial charge in [0.2, 0.25) is 0 Å². The second kappa shape index (κ2) is 4.37. The number of thioether (sulfide) groups is 1. The number of aliphatic imine (C=N–C) groups is 1. The fraction of sp³-hybridized carbons (Fsp3) is 0.500. The van der Waals surface area contributed by atoms with Crippen molar-refractivity contribution in [2.45, 2.75) is 38.1 Å². The number of anilines is 1. The van der Waals surface area contributed by atoms with E-state index in [9.17, 15) is 0 Å². The number of benzene rings is 1. The van der Waals surface area contributed by atoms with Crippen molar-refractivity contribution in [2.24, 2.45) is 4.99 Å². The molecule has 1 aromatic carbocycles. The fourth-order valence-corrected chi connectivity index (χ4v) is 3.89. The summed E-state index contributed by atoms with van der Waals surface area (Å²) in [6, 6.07) is 8.48. The van der Waals surface area contributed by atoms with E-state index in [4.69, 9.17) is 4.99 Å². The molecule has 1 heterocycles. The van der Waals surface area contributed by atoms with Crippen LogP contribution in [0.1, 0.15) is 31.2 Å². The molecule has 0 atom stereocenters. The largest absolute Gasteiger partial charge is 0.335 e. The minimum Gasteiger partial charge on any atom is -0.335 e. The molecule has 90 valence electrons. The molecule has 1 spiro atoms. The smallest absolute Gasteiger partial charge is 0.161 e.